The van der Waals surface area contributed by atoms with Gasteiger partial charge in [-0.1, -0.05) is 13.8 Å². The van der Waals surface area contributed by atoms with Crippen molar-refractivity contribution in [1.82, 2.24) is 14.7 Å². The number of primary amides is 1. The number of nitrogens with one attached hydrogen (secondary N) is 1. The van der Waals surface area contributed by atoms with E-state index < -0.39 is 30.2 Å². The van der Waals surface area contributed by atoms with Crippen molar-refractivity contribution in [2.75, 3.05) is 18.4 Å². The fourth-order valence-corrected chi connectivity index (χ4v) is 5.12. The number of carbonyl (C=O) groups is 2. The van der Waals surface area contributed by atoms with Crippen molar-refractivity contribution in [2.24, 2.45) is 5.73 Å². The molecule has 0 saturated heterocycles. The van der Waals surface area contributed by atoms with Gasteiger partial charge in [-0.25, -0.2) is 0 Å². The number of hydrogen-bond acceptors (Lipinski definition) is 5. The fraction of sp³-hybridized carbons (Fsp3) is 0.550. The molecule has 0 saturated carbocycles. The Balaban J connectivity index is 1.80. The molecule has 1 aliphatic rings. The third-order valence-corrected chi connectivity index (χ3v) is 6.58. The van der Waals surface area contributed by atoms with Crippen molar-refractivity contribution >= 4 is 28.2 Å². The van der Waals surface area contributed by atoms with Crippen LogP contribution in [0.1, 0.15) is 58.7 Å². The quantitative estimate of drug-likeness (QED) is 0.635. The molecule has 3 rings (SSSR count). The maximum Gasteiger partial charge on any atom is 0.435 e. The van der Waals surface area contributed by atoms with E-state index in [2.05, 4.69) is 10.4 Å². The van der Waals surface area contributed by atoms with Gasteiger partial charge in [0.15, 0.2) is 5.69 Å². The van der Waals surface area contributed by atoms with Crippen LogP contribution in [0, 0.1) is 0 Å². The second-order valence-electron chi connectivity index (χ2n) is 7.49. The number of nitrogens with two attached hydrogens (primary N) is 1. The van der Waals surface area contributed by atoms with Gasteiger partial charge in [-0.15, -0.1) is 11.3 Å². The maximum atomic E-state index is 13.4. The predicted molar refractivity (Wildman–Crippen MR) is 112 cm³/mol. The molecule has 31 heavy (non-hydrogen) atoms. The third-order valence-electron chi connectivity index (χ3n) is 5.37. The number of thiophene rings is 1. The Hall–Kier alpha value is -2.40. The van der Waals surface area contributed by atoms with Crippen molar-refractivity contribution in [2.45, 2.75) is 58.8 Å². The van der Waals surface area contributed by atoms with E-state index in [-0.39, 0.29) is 12.1 Å². The van der Waals surface area contributed by atoms with Crippen LogP contribution in [0.4, 0.5) is 18.2 Å². The average Bonchev–Trinajstić information content (AvgIpc) is 3.26. The monoisotopic (exact) mass is 457 g/mol. The Kier molecular flexibility index (Phi) is 7.05. The lowest BCUT2D eigenvalue weighted by Gasteiger charge is -2.17. The number of hydrogen-bond donors (Lipinski definition) is 2. The van der Waals surface area contributed by atoms with E-state index in [4.69, 9.17) is 5.73 Å². The minimum atomic E-state index is -4.61. The van der Waals surface area contributed by atoms with Crippen LogP contribution >= 0.6 is 11.3 Å². The first-order valence-electron chi connectivity index (χ1n) is 10.2. The van der Waals surface area contributed by atoms with Crippen molar-refractivity contribution < 1.29 is 22.8 Å². The lowest BCUT2D eigenvalue weighted by molar-refractivity contribution is -0.142. The van der Waals surface area contributed by atoms with Gasteiger partial charge >= 0.3 is 6.18 Å². The molecule has 7 nitrogen and oxygen atoms in total. The molecule has 0 bridgehead atoms. The molecular weight excluding hydrogens is 431 g/mol. The van der Waals surface area contributed by atoms with Gasteiger partial charge in [0.25, 0.3) is 5.91 Å². The predicted octanol–water partition coefficient (Wildman–Crippen LogP) is 3.42. The van der Waals surface area contributed by atoms with Gasteiger partial charge in [-0.05, 0) is 44.3 Å². The molecule has 2 amide bonds. The average molecular weight is 458 g/mol. The molecule has 0 aromatic carbocycles. The van der Waals surface area contributed by atoms with Crippen LogP contribution in [0.3, 0.4) is 0 Å². The Morgan fingerprint density at radius 2 is 1.94 bits per heavy atom. The van der Waals surface area contributed by atoms with Crippen molar-refractivity contribution in [3.63, 3.8) is 0 Å². The second kappa shape index (κ2) is 9.39. The summed E-state index contributed by atoms with van der Waals surface area (Å²) in [5.41, 5.74) is 5.74. The van der Waals surface area contributed by atoms with Crippen LogP contribution < -0.4 is 11.1 Å². The number of fused-ring (bicyclic) bond motifs is 1. The summed E-state index contributed by atoms with van der Waals surface area (Å²) < 4.78 is 41.3. The topological polar surface area (TPSA) is 93.3 Å². The molecule has 11 heteroatoms. The highest BCUT2D eigenvalue weighted by molar-refractivity contribution is 7.17. The lowest BCUT2D eigenvalue weighted by Crippen LogP contribution is -2.23. The summed E-state index contributed by atoms with van der Waals surface area (Å²) in [5, 5.41) is 6.64. The number of aromatic nitrogens is 2. The first-order chi connectivity index (χ1) is 14.6. The fourth-order valence-electron chi connectivity index (χ4n) is 3.81. The van der Waals surface area contributed by atoms with Crippen molar-refractivity contribution in [3.05, 3.63) is 33.5 Å². The van der Waals surface area contributed by atoms with Gasteiger partial charge < -0.3 is 11.1 Å². The zero-order valence-corrected chi connectivity index (χ0v) is 18.3. The summed E-state index contributed by atoms with van der Waals surface area (Å²) >= 11 is 1.31. The lowest BCUT2D eigenvalue weighted by atomic mass is 9.95. The summed E-state index contributed by atoms with van der Waals surface area (Å²) in [7, 11) is 0. The highest BCUT2D eigenvalue weighted by Crippen LogP contribution is 2.38. The summed E-state index contributed by atoms with van der Waals surface area (Å²) in [6.45, 7) is 4.61. The number of aryl methyl sites for hydroxylation is 1. The van der Waals surface area contributed by atoms with Gasteiger partial charge in [0.2, 0.25) is 5.91 Å². The number of rotatable bonds is 8. The van der Waals surface area contributed by atoms with Gasteiger partial charge in [-0.3, -0.25) is 19.2 Å². The largest absolute Gasteiger partial charge is 0.435 e. The van der Waals surface area contributed by atoms with E-state index in [9.17, 15) is 22.8 Å². The Bertz CT molecular complexity index is 963. The zero-order chi connectivity index (χ0) is 22.8. The van der Waals surface area contributed by atoms with Gasteiger partial charge in [-0.2, -0.15) is 18.3 Å². The van der Waals surface area contributed by atoms with E-state index >= 15 is 0 Å². The highest BCUT2D eigenvalue weighted by atomic mass is 32.1. The van der Waals surface area contributed by atoms with E-state index in [1.165, 1.54) is 17.5 Å². The van der Waals surface area contributed by atoms with Crippen molar-refractivity contribution in [3.8, 4) is 0 Å². The summed E-state index contributed by atoms with van der Waals surface area (Å²) in [6.07, 6.45) is 0.134. The minimum Gasteiger partial charge on any atom is -0.365 e. The van der Waals surface area contributed by atoms with Crippen LogP contribution in [0.15, 0.2) is 6.20 Å². The molecular formula is C20H26F3N5O2S. The van der Waals surface area contributed by atoms with Crippen LogP contribution in [0.5, 0.6) is 0 Å². The Morgan fingerprint density at radius 3 is 2.55 bits per heavy atom. The molecule has 1 aliphatic carbocycles. The van der Waals surface area contributed by atoms with Crippen LogP contribution in [-0.4, -0.2) is 39.6 Å². The molecule has 0 radical (unpaired) electrons. The van der Waals surface area contributed by atoms with Gasteiger partial charge in [0.1, 0.15) is 11.5 Å². The molecule has 0 aliphatic heterocycles. The first-order valence-corrected chi connectivity index (χ1v) is 11.1. The number of nitrogens with zero attached hydrogens (tertiary/aromatic N) is 3. The van der Waals surface area contributed by atoms with Crippen LogP contribution in [0.25, 0.3) is 0 Å². The number of halogens is 3. The van der Waals surface area contributed by atoms with Crippen LogP contribution in [-0.2, 0) is 36.9 Å². The van der Waals surface area contributed by atoms with Crippen LogP contribution in [0.2, 0.25) is 0 Å². The Morgan fingerprint density at radius 1 is 1.26 bits per heavy atom. The summed E-state index contributed by atoms with van der Waals surface area (Å²) in [5.74, 6) is -1.18. The SMILES string of the molecule is CCN(CC)Cc1cn(CC(=O)Nc2sc3c(c2C(N)=O)CCCC3)nc1C(F)(F)F. The smallest absolute Gasteiger partial charge is 0.365 e. The summed E-state index contributed by atoms with van der Waals surface area (Å²) in [6, 6.07) is 0. The highest BCUT2D eigenvalue weighted by Gasteiger charge is 2.37. The zero-order valence-electron chi connectivity index (χ0n) is 17.5. The van der Waals surface area contributed by atoms with E-state index in [1.807, 2.05) is 18.7 Å². The normalized spacial score (nSPS) is 14.0. The molecule has 0 atom stereocenters. The third kappa shape index (κ3) is 5.27. The van der Waals surface area contributed by atoms with Crippen molar-refractivity contribution in [1.29, 1.82) is 0 Å². The molecule has 0 spiro atoms. The van der Waals surface area contributed by atoms with Gasteiger partial charge in [0.05, 0.1) is 5.56 Å². The summed E-state index contributed by atoms with van der Waals surface area (Å²) in [4.78, 5) is 27.4. The molecule has 2 aromatic heterocycles. The number of carbonyl (C=O) groups excluding carboxylic acids is 2. The number of anilines is 1. The first kappa shape index (κ1) is 23.3. The molecule has 170 valence electrons. The number of amides is 2. The molecule has 2 aromatic rings. The molecule has 0 unspecified atom stereocenters. The molecule has 2 heterocycles. The maximum absolute atomic E-state index is 13.4. The minimum absolute atomic E-state index is 0.0217. The molecule has 0 fully saturated rings. The van der Waals surface area contributed by atoms with E-state index in [0.29, 0.717) is 23.7 Å². The van der Waals surface area contributed by atoms with E-state index in [1.54, 1.807) is 0 Å². The number of alkyl halides is 3. The van der Waals surface area contributed by atoms with E-state index in [0.717, 1.165) is 40.8 Å². The Labute approximate surface area is 182 Å². The van der Waals surface area contributed by atoms with Gasteiger partial charge in [0, 0.05) is 23.2 Å². The standard InChI is InChI=1S/C20H26F3N5O2S/c1-3-27(4-2)9-12-10-28(26-17(12)20(21,22)23)11-15(29)25-19-16(18(24)30)13-7-5-6-8-14(13)31-19/h10H,3-9,11H2,1-2H3,(H2,24,30)(H,25,29). The second-order valence-corrected chi connectivity index (χ2v) is 8.59. The molecule has 3 N–H and O–H groups in total.